The Kier molecular flexibility index (Phi) is 6.43. The van der Waals surface area contributed by atoms with E-state index in [9.17, 15) is 9.59 Å². The standard InChI is InChI=1S/C26H33N3O3S/c1-3-4-15-29-20-12-6-5-11-19(20)23-21(25(29)30)22(32-2)24(33-23)26(31)28-16-9-10-18(28)17-27-13-7-8-14-27/h5-6,11-12,18H,3-4,7-10,13-17H2,1-2H3/t18-/m0/s1. The number of rotatable bonds is 7. The molecule has 2 aliphatic rings. The molecule has 2 aromatic heterocycles. The number of aryl methyl sites for hydroxylation is 1. The first-order valence-corrected chi connectivity index (χ1v) is 13.1. The fraction of sp³-hybridized carbons (Fsp3) is 0.538. The number of pyridine rings is 1. The molecule has 1 atom stereocenters. The summed E-state index contributed by atoms with van der Waals surface area (Å²) in [6.07, 6.45) is 6.52. The minimum absolute atomic E-state index is 0.0123. The molecule has 0 radical (unpaired) electrons. The number of carbonyl (C=O) groups is 1. The number of hydrogen-bond donors (Lipinski definition) is 0. The number of likely N-dealkylation sites (tertiary alicyclic amines) is 2. The van der Waals surface area contributed by atoms with Crippen LogP contribution < -0.4 is 10.3 Å². The number of benzene rings is 1. The van der Waals surface area contributed by atoms with Gasteiger partial charge in [0, 0.05) is 31.1 Å². The van der Waals surface area contributed by atoms with Crippen LogP contribution in [0.1, 0.15) is 55.1 Å². The molecule has 0 spiro atoms. The Hall–Kier alpha value is -2.38. The maximum absolute atomic E-state index is 13.8. The number of carbonyl (C=O) groups excluding carboxylic acids is 1. The minimum atomic E-state index is -0.0562. The highest BCUT2D eigenvalue weighted by molar-refractivity contribution is 7.22. The fourth-order valence-electron chi connectivity index (χ4n) is 5.51. The van der Waals surface area contributed by atoms with Crippen molar-refractivity contribution in [2.75, 3.05) is 33.3 Å². The molecular formula is C26H33N3O3S. The number of fused-ring (bicyclic) bond motifs is 3. The van der Waals surface area contributed by atoms with Crippen molar-refractivity contribution >= 4 is 38.2 Å². The molecule has 176 valence electrons. The number of ether oxygens (including phenoxy) is 1. The summed E-state index contributed by atoms with van der Waals surface area (Å²) in [4.78, 5) is 32.5. The highest BCUT2D eigenvalue weighted by Gasteiger charge is 2.35. The van der Waals surface area contributed by atoms with E-state index < -0.39 is 0 Å². The lowest BCUT2D eigenvalue weighted by Gasteiger charge is -2.28. The monoisotopic (exact) mass is 467 g/mol. The Morgan fingerprint density at radius 3 is 2.70 bits per heavy atom. The van der Waals surface area contributed by atoms with E-state index in [-0.39, 0.29) is 17.5 Å². The van der Waals surface area contributed by atoms with Crippen molar-refractivity contribution in [1.82, 2.24) is 14.4 Å². The number of aromatic nitrogens is 1. The Labute approximate surface area is 198 Å². The number of hydrogen-bond acceptors (Lipinski definition) is 5. The lowest BCUT2D eigenvalue weighted by Crippen LogP contribution is -2.42. The summed E-state index contributed by atoms with van der Waals surface area (Å²) >= 11 is 1.42. The van der Waals surface area contributed by atoms with Gasteiger partial charge < -0.3 is 19.1 Å². The molecule has 4 heterocycles. The zero-order valence-electron chi connectivity index (χ0n) is 19.6. The van der Waals surface area contributed by atoms with Crippen LogP contribution in [0, 0.1) is 0 Å². The Morgan fingerprint density at radius 2 is 1.94 bits per heavy atom. The molecular weight excluding hydrogens is 434 g/mol. The number of para-hydroxylation sites is 1. The minimum Gasteiger partial charge on any atom is -0.494 e. The highest BCUT2D eigenvalue weighted by atomic mass is 32.1. The third-order valence-corrected chi connectivity index (χ3v) is 8.39. The number of thiophene rings is 1. The normalized spacial score (nSPS) is 19.2. The second-order valence-corrected chi connectivity index (χ2v) is 10.3. The fourth-order valence-corrected chi connectivity index (χ4v) is 6.76. The molecule has 2 saturated heterocycles. The SMILES string of the molecule is CCCCn1c(=O)c2c(OC)c(C(=O)N3CCC[C@H]3CN3CCCC3)sc2c2ccccc21. The van der Waals surface area contributed by atoms with Gasteiger partial charge in [0.25, 0.3) is 11.5 Å². The summed E-state index contributed by atoms with van der Waals surface area (Å²) in [6.45, 7) is 6.78. The van der Waals surface area contributed by atoms with Gasteiger partial charge in [0.05, 0.1) is 17.3 Å². The molecule has 33 heavy (non-hydrogen) atoms. The van der Waals surface area contributed by atoms with Crippen molar-refractivity contribution in [2.45, 2.75) is 58.0 Å². The van der Waals surface area contributed by atoms with Crippen LogP contribution in [0.5, 0.6) is 5.75 Å². The molecule has 0 aliphatic carbocycles. The largest absolute Gasteiger partial charge is 0.494 e. The molecule has 3 aromatic rings. The smallest absolute Gasteiger partial charge is 0.268 e. The predicted molar refractivity (Wildman–Crippen MR) is 135 cm³/mol. The van der Waals surface area contributed by atoms with Crippen molar-refractivity contribution in [3.05, 3.63) is 39.5 Å². The van der Waals surface area contributed by atoms with Gasteiger partial charge in [-0.25, -0.2) is 0 Å². The molecule has 1 aromatic carbocycles. The maximum Gasteiger partial charge on any atom is 0.268 e. The van der Waals surface area contributed by atoms with Crippen LogP contribution in [0.2, 0.25) is 0 Å². The van der Waals surface area contributed by atoms with Crippen molar-refractivity contribution in [3.8, 4) is 5.75 Å². The Balaban J connectivity index is 1.60. The third kappa shape index (κ3) is 3.95. The molecule has 0 N–H and O–H groups in total. The third-order valence-electron chi connectivity index (χ3n) is 7.20. The Morgan fingerprint density at radius 1 is 1.15 bits per heavy atom. The molecule has 0 bridgehead atoms. The van der Waals surface area contributed by atoms with Crippen LogP contribution in [0.4, 0.5) is 0 Å². The quantitative estimate of drug-likeness (QED) is 0.504. The van der Waals surface area contributed by atoms with Gasteiger partial charge in [-0.2, -0.15) is 0 Å². The van der Waals surface area contributed by atoms with Gasteiger partial charge >= 0.3 is 0 Å². The summed E-state index contributed by atoms with van der Waals surface area (Å²) in [7, 11) is 1.58. The zero-order valence-corrected chi connectivity index (χ0v) is 20.5. The molecule has 2 fully saturated rings. The van der Waals surface area contributed by atoms with Gasteiger partial charge in [0.15, 0.2) is 5.75 Å². The molecule has 6 nitrogen and oxygen atoms in total. The number of unbranched alkanes of at least 4 members (excludes halogenated alkanes) is 1. The Bertz CT molecular complexity index is 1220. The molecule has 7 heteroatoms. The van der Waals surface area contributed by atoms with E-state index in [0.29, 0.717) is 22.6 Å². The van der Waals surface area contributed by atoms with E-state index in [1.807, 2.05) is 27.7 Å². The zero-order chi connectivity index (χ0) is 22.9. The first-order valence-electron chi connectivity index (χ1n) is 12.3. The van der Waals surface area contributed by atoms with E-state index >= 15 is 0 Å². The van der Waals surface area contributed by atoms with Gasteiger partial charge in [0.2, 0.25) is 0 Å². The van der Waals surface area contributed by atoms with E-state index in [1.165, 1.54) is 24.2 Å². The van der Waals surface area contributed by atoms with Gasteiger partial charge in [-0.05, 0) is 51.3 Å². The van der Waals surface area contributed by atoms with Crippen LogP contribution in [-0.4, -0.2) is 59.6 Å². The number of nitrogens with zero attached hydrogens (tertiary/aromatic N) is 3. The lowest BCUT2D eigenvalue weighted by atomic mass is 10.1. The van der Waals surface area contributed by atoms with Crippen molar-refractivity contribution in [2.24, 2.45) is 0 Å². The molecule has 0 unspecified atom stereocenters. The van der Waals surface area contributed by atoms with Crippen molar-refractivity contribution in [1.29, 1.82) is 0 Å². The number of amides is 1. The van der Waals surface area contributed by atoms with Crippen LogP contribution in [0.15, 0.2) is 29.1 Å². The summed E-state index contributed by atoms with van der Waals surface area (Å²) < 4.78 is 8.49. The summed E-state index contributed by atoms with van der Waals surface area (Å²) in [5, 5.41) is 1.57. The van der Waals surface area contributed by atoms with Crippen LogP contribution >= 0.6 is 11.3 Å². The summed E-state index contributed by atoms with van der Waals surface area (Å²) in [5.41, 5.74) is 0.874. The van der Waals surface area contributed by atoms with E-state index in [4.69, 9.17) is 4.74 Å². The van der Waals surface area contributed by atoms with E-state index in [0.717, 1.165) is 67.5 Å². The second-order valence-electron chi connectivity index (χ2n) is 9.30. The highest BCUT2D eigenvalue weighted by Crippen LogP contribution is 2.41. The molecule has 1 amide bonds. The average molecular weight is 468 g/mol. The maximum atomic E-state index is 13.8. The first-order chi connectivity index (χ1) is 16.1. The van der Waals surface area contributed by atoms with E-state index in [1.54, 1.807) is 7.11 Å². The van der Waals surface area contributed by atoms with Crippen molar-refractivity contribution < 1.29 is 9.53 Å². The molecule has 2 aliphatic heterocycles. The van der Waals surface area contributed by atoms with Gasteiger partial charge in [0.1, 0.15) is 10.3 Å². The van der Waals surface area contributed by atoms with E-state index in [2.05, 4.69) is 17.9 Å². The van der Waals surface area contributed by atoms with Crippen LogP contribution in [0.25, 0.3) is 21.0 Å². The predicted octanol–water partition coefficient (Wildman–Crippen LogP) is 4.73. The van der Waals surface area contributed by atoms with Crippen LogP contribution in [-0.2, 0) is 6.54 Å². The average Bonchev–Trinajstić information content (AvgIpc) is 3.59. The topological polar surface area (TPSA) is 54.8 Å². The van der Waals surface area contributed by atoms with Crippen molar-refractivity contribution in [3.63, 3.8) is 0 Å². The van der Waals surface area contributed by atoms with Gasteiger partial charge in [-0.1, -0.05) is 31.5 Å². The first kappa shape index (κ1) is 22.4. The molecule has 5 rings (SSSR count). The lowest BCUT2D eigenvalue weighted by molar-refractivity contribution is 0.0711. The molecule has 0 saturated carbocycles. The van der Waals surface area contributed by atoms with Crippen LogP contribution in [0.3, 0.4) is 0 Å². The second kappa shape index (κ2) is 9.47. The van der Waals surface area contributed by atoms with Gasteiger partial charge in [-0.15, -0.1) is 11.3 Å². The summed E-state index contributed by atoms with van der Waals surface area (Å²) in [5.74, 6) is 0.464. The number of methoxy groups -OCH3 is 1. The van der Waals surface area contributed by atoms with Gasteiger partial charge in [-0.3, -0.25) is 9.59 Å². The summed E-state index contributed by atoms with van der Waals surface area (Å²) in [6, 6.07) is 8.27.